The number of aromatic nitrogens is 2. The van der Waals surface area contributed by atoms with Gasteiger partial charge in [0, 0.05) is 11.3 Å². The Hall–Kier alpha value is -2.25. The summed E-state index contributed by atoms with van der Waals surface area (Å²) < 4.78 is 13.7. The highest BCUT2D eigenvalue weighted by Gasteiger charge is 2.10. The first kappa shape index (κ1) is 16.6. The number of thioether (sulfide) groups is 1. The van der Waals surface area contributed by atoms with E-state index in [2.05, 4.69) is 27.6 Å². The van der Waals surface area contributed by atoms with Crippen LogP contribution in [0.4, 0.5) is 9.52 Å². The van der Waals surface area contributed by atoms with Crippen molar-refractivity contribution in [2.45, 2.75) is 10.8 Å². The molecule has 2 aromatic carbocycles. The first-order chi connectivity index (χ1) is 11.7. The van der Waals surface area contributed by atoms with Crippen molar-refractivity contribution in [3.8, 4) is 0 Å². The van der Waals surface area contributed by atoms with Crippen molar-refractivity contribution in [2.75, 3.05) is 11.1 Å². The van der Waals surface area contributed by atoms with Gasteiger partial charge in [0.05, 0.1) is 0 Å². The zero-order valence-corrected chi connectivity index (χ0v) is 14.2. The van der Waals surface area contributed by atoms with Gasteiger partial charge in [-0.25, -0.2) is 4.39 Å². The molecule has 0 radical (unpaired) electrons. The molecule has 3 rings (SSSR count). The van der Waals surface area contributed by atoms with Gasteiger partial charge < -0.3 is 0 Å². The molecule has 4 nitrogen and oxygen atoms in total. The Bertz CT molecular complexity index is 806. The summed E-state index contributed by atoms with van der Waals surface area (Å²) in [5, 5.41) is 11.1. The Morgan fingerprint density at radius 2 is 1.83 bits per heavy atom. The van der Waals surface area contributed by atoms with Gasteiger partial charge in [0.1, 0.15) is 5.82 Å². The Morgan fingerprint density at radius 3 is 2.58 bits per heavy atom. The third kappa shape index (κ3) is 4.62. The number of nitrogens with zero attached hydrogens (tertiary/aromatic N) is 2. The van der Waals surface area contributed by atoms with Gasteiger partial charge in [-0.1, -0.05) is 53.4 Å². The van der Waals surface area contributed by atoms with Crippen molar-refractivity contribution >= 4 is 34.1 Å². The zero-order valence-electron chi connectivity index (χ0n) is 12.6. The highest BCUT2D eigenvalue weighted by molar-refractivity contribution is 8.01. The number of rotatable bonds is 6. The Labute approximate surface area is 147 Å². The van der Waals surface area contributed by atoms with E-state index in [1.807, 2.05) is 18.2 Å². The van der Waals surface area contributed by atoms with Gasteiger partial charge >= 0.3 is 0 Å². The normalized spacial score (nSPS) is 10.5. The molecule has 0 spiro atoms. The van der Waals surface area contributed by atoms with Crippen molar-refractivity contribution < 1.29 is 9.18 Å². The van der Waals surface area contributed by atoms with Crippen LogP contribution in [0.2, 0.25) is 0 Å². The number of nitrogens with one attached hydrogen (secondary N) is 1. The van der Waals surface area contributed by atoms with Crippen LogP contribution in [0, 0.1) is 5.82 Å². The largest absolute Gasteiger partial charge is 0.296 e. The third-order valence-electron chi connectivity index (χ3n) is 3.19. The predicted molar refractivity (Wildman–Crippen MR) is 95.1 cm³/mol. The van der Waals surface area contributed by atoms with E-state index in [-0.39, 0.29) is 11.7 Å². The minimum Gasteiger partial charge on any atom is -0.296 e. The molecule has 1 aromatic heterocycles. The van der Waals surface area contributed by atoms with Crippen LogP contribution in [0.25, 0.3) is 0 Å². The molecular weight excluding hydrogens is 345 g/mol. The number of carbonyl (C=O) groups excluding carboxylic acids is 1. The van der Waals surface area contributed by atoms with E-state index in [9.17, 15) is 9.18 Å². The van der Waals surface area contributed by atoms with Crippen LogP contribution >= 0.6 is 23.1 Å². The fraction of sp³-hybridized carbons (Fsp3) is 0.118. The van der Waals surface area contributed by atoms with Gasteiger partial charge in [-0.2, -0.15) is 0 Å². The summed E-state index contributed by atoms with van der Waals surface area (Å²) in [5.41, 5.74) is 1.66. The fourth-order valence-electron chi connectivity index (χ4n) is 1.99. The van der Waals surface area contributed by atoms with Crippen LogP contribution in [-0.2, 0) is 6.42 Å². The molecule has 0 fully saturated rings. The molecule has 3 aromatic rings. The SMILES string of the molecule is O=C(Nc1nnc(SCCc2ccccc2)s1)c1ccc(F)cc1. The maximum Gasteiger partial charge on any atom is 0.257 e. The second-order valence-electron chi connectivity index (χ2n) is 4.92. The number of amides is 1. The predicted octanol–water partition coefficient (Wildman–Crippen LogP) is 4.26. The maximum absolute atomic E-state index is 12.9. The van der Waals surface area contributed by atoms with Crippen molar-refractivity contribution in [1.29, 1.82) is 0 Å². The minimum absolute atomic E-state index is 0.327. The second kappa shape index (κ2) is 8.03. The topological polar surface area (TPSA) is 54.9 Å². The first-order valence-corrected chi connectivity index (χ1v) is 9.08. The van der Waals surface area contributed by atoms with Gasteiger partial charge in [-0.3, -0.25) is 10.1 Å². The van der Waals surface area contributed by atoms with Crippen LogP contribution in [0.3, 0.4) is 0 Å². The van der Waals surface area contributed by atoms with Crippen LogP contribution in [-0.4, -0.2) is 21.9 Å². The van der Waals surface area contributed by atoms with E-state index in [1.165, 1.54) is 41.2 Å². The molecule has 1 amide bonds. The van der Waals surface area contributed by atoms with E-state index >= 15 is 0 Å². The number of halogens is 1. The smallest absolute Gasteiger partial charge is 0.257 e. The van der Waals surface area contributed by atoms with Crippen molar-refractivity contribution in [3.05, 3.63) is 71.5 Å². The first-order valence-electron chi connectivity index (χ1n) is 7.28. The standard InChI is InChI=1S/C17H14FN3OS2/c18-14-8-6-13(7-9-14)15(22)19-16-20-21-17(24-16)23-11-10-12-4-2-1-3-5-12/h1-9H,10-11H2,(H,19,20,22). The molecule has 0 aliphatic carbocycles. The molecule has 24 heavy (non-hydrogen) atoms. The molecule has 0 unspecified atom stereocenters. The van der Waals surface area contributed by atoms with E-state index in [1.54, 1.807) is 11.8 Å². The molecule has 0 aliphatic rings. The van der Waals surface area contributed by atoms with Crippen LogP contribution in [0.15, 0.2) is 58.9 Å². The Kier molecular flexibility index (Phi) is 5.55. The average molecular weight is 359 g/mol. The molecule has 122 valence electrons. The van der Waals surface area contributed by atoms with E-state index in [4.69, 9.17) is 0 Å². The lowest BCUT2D eigenvalue weighted by Gasteiger charge is -2.00. The summed E-state index contributed by atoms with van der Waals surface area (Å²) in [6.07, 6.45) is 0.947. The second-order valence-corrected chi connectivity index (χ2v) is 7.24. The van der Waals surface area contributed by atoms with E-state index in [0.29, 0.717) is 10.7 Å². The monoisotopic (exact) mass is 359 g/mol. The Morgan fingerprint density at radius 1 is 1.08 bits per heavy atom. The fourth-order valence-corrected chi connectivity index (χ4v) is 3.80. The van der Waals surface area contributed by atoms with Gasteiger partial charge in [-0.15, -0.1) is 10.2 Å². The molecule has 0 bridgehead atoms. The van der Waals surface area contributed by atoms with Gasteiger partial charge in [0.2, 0.25) is 5.13 Å². The molecule has 0 saturated carbocycles. The minimum atomic E-state index is -0.375. The summed E-state index contributed by atoms with van der Waals surface area (Å²) in [5.74, 6) is 0.191. The number of hydrogen-bond donors (Lipinski definition) is 1. The molecule has 0 atom stereocenters. The molecule has 0 aliphatic heterocycles. The highest BCUT2D eigenvalue weighted by Crippen LogP contribution is 2.26. The lowest BCUT2D eigenvalue weighted by molar-refractivity contribution is 0.102. The summed E-state index contributed by atoms with van der Waals surface area (Å²) in [7, 11) is 0. The summed E-state index contributed by atoms with van der Waals surface area (Å²) in [6, 6.07) is 15.6. The zero-order chi connectivity index (χ0) is 16.8. The lowest BCUT2D eigenvalue weighted by atomic mass is 10.2. The van der Waals surface area contributed by atoms with Crippen molar-refractivity contribution in [2.24, 2.45) is 0 Å². The van der Waals surface area contributed by atoms with Crippen LogP contribution in [0.1, 0.15) is 15.9 Å². The van der Waals surface area contributed by atoms with Gasteiger partial charge in [0.25, 0.3) is 5.91 Å². The van der Waals surface area contributed by atoms with Crippen molar-refractivity contribution in [3.63, 3.8) is 0 Å². The molecule has 1 heterocycles. The summed E-state index contributed by atoms with van der Waals surface area (Å²) in [4.78, 5) is 12.0. The van der Waals surface area contributed by atoms with Crippen molar-refractivity contribution in [1.82, 2.24) is 10.2 Å². The maximum atomic E-state index is 12.9. The number of benzene rings is 2. The average Bonchev–Trinajstić information content (AvgIpc) is 3.04. The number of hydrogen-bond acceptors (Lipinski definition) is 5. The van der Waals surface area contributed by atoms with Crippen LogP contribution in [0.5, 0.6) is 0 Å². The van der Waals surface area contributed by atoms with E-state index < -0.39 is 0 Å². The molecular formula is C17H14FN3OS2. The number of anilines is 1. The summed E-state index contributed by atoms with van der Waals surface area (Å²) in [6.45, 7) is 0. The van der Waals surface area contributed by atoms with Crippen LogP contribution < -0.4 is 5.32 Å². The van der Waals surface area contributed by atoms with E-state index in [0.717, 1.165) is 16.5 Å². The molecule has 7 heteroatoms. The number of carbonyl (C=O) groups is 1. The highest BCUT2D eigenvalue weighted by atomic mass is 32.2. The molecule has 0 saturated heterocycles. The third-order valence-corrected chi connectivity index (χ3v) is 5.17. The lowest BCUT2D eigenvalue weighted by Crippen LogP contribution is -2.11. The van der Waals surface area contributed by atoms with Gasteiger partial charge in [0.15, 0.2) is 4.34 Å². The molecule has 1 N–H and O–H groups in total. The quantitative estimate of drug-likeness (QED) is 0.528. The van der Waals surface area contributed by atoms with Gasteiger partial charge in [-0.05, 0) is 36.2 Å². The summed E-state index contributed by atoms with van der Waals surface area (Å²) >= 11 is 2.93. The Balaban J connectivity index is 1.51. The number of aryl methyl sites for hydroxylation is 1.